The molecule has 0 saturated carbocycles. The Morgan fingerprint density at radius 1 is 1.07 bits per heavy atom. The second-order valence-electron chi connectivity index (χ2n) is 7.40. The summed E-state index contributed by atoms with van der Waals surface area (Å²) in [6, 6.07) is 6.56. The minimum Gasteiger partial charge on any atom is -0.342 e. The van der Waals surface area contributed by atoms with Crippen LogP contribution in [-0.2, 0) is 14.4 Å². The van der Waals surface area contributed by atoms with Crippen LogP contribution in [0.25, 0.3) is 0 Å². The van der Waals surface area contributed by atoms with Crippen LogP contribution in [0.1, 0.15) is 37.7 Å². The summed E-state index contributed by atoms with van der Waals surface area (Å²) in [6.45, 7) is 2.98. The van der Waals surface area contributed by atoms with Gasteiger partial charge in [0.05, 0.1) is 11.5 Å². The van der Waals surface area contributed by atoms with Crippen LogP contribution in [-0.4, -0.2) is 40.8 Å². The van der Waals surface area contributed by atoms with Gasteiger partial charge in [-0.15, -0.1) is 0 Å². The van der Waals surface area contributed by atoms with Gasteiger partial charge in [0, 0.05) is 37.8 Å². The number of nitrogens with zero attached hydrogens (tertiary/aromatic N) is 2. The number of carbonyl (C=O) groups excluding carboxylic acids is 3. The van der Waals surface area contributed by atoms with Crippen molar-refractivity contribution in [1.29, 1.82) is 0 Å². The zero-order valence-electron chi connectivity index (χ0n) is 16.4. The number of fused-ring (bicyclic) bond motifs is 1. The molecule has 10 heteroatoms. The SMILES string of the molecule is CC(=O)Nc1ccc(NC(=O)C2CC(=O)Nc3nc(N4CCCC4)[nH]c(=O)c32)cc1. The smallest absolute Gasteiger partial charge is 0.258 e. The maximum Gasteiger partial charge on any atom is 0.258 e. The minimum atomic E-state index is -0.951. The monoisotopic (exact) mass is 410 g/mol. The van der Waals surface area contributed by atoms with Gasteiger partial charge in [-0.3, -0.25) is 24.2 Å². The molecule has 1 aromatic heterocycles. The van der Waals surface area contributed by atoms with E-state index >= 15 is 0 Å². The number of hydrogen-bond acceptors (Lipinski definition) is 6. The van der Waals surface area contributed by atoms with Crippen molar-refractivity contribution in [3.05, 3.63) is 40.2 Å². The molecule has 1 fully saturated rings. The molecule has 10 nitrogen and oxygen atoms in total. The summed E-state index contributed by atoms with van der Waals surface area (Å²) >= 11 is 0. The highest BCUT2D eigenvalue weighted by Gasteiger charge is 2.35. The van der Waals surface area contributed by atoms with Crippen molar-refractivity contribution in [2.24, 2.45) is 0 Å². The third-order valence-electron chi connectivity index (χ3n) is 5.13. The molecule has 1 aromatic carbocycles. The van der Waals surface area contributed by atoms with E-state index in [0.29, 0.717) is 17.3 Å². The number of carbonyl (C=O) groups is 3. The van der Waals surface area contributed by atoms with E-state index in [2.05, 4.69) is 25.9 Å². The summed E-state index contributed by atoms with van der Waals surface area (Å²) in [6.07, 6.45) is 1.88. The molecule has 1 saturated heterocycles. The van der Waals surface area contributed by atoms with Crippen molar-refractivity contribution in [2.75, 3.05) is 33.9 Å². The maximum atomic E-state index is 12.9. The molecular formula is C20H22N6O4. The normalized spacial score (nSPS) is 17.8. The van der Waals surface area contributed by atoms with Crippen molar-refractivity contribution in [2.45, 2.75) is 32.1 Å². The van der Waals surface area contributed by atoms with Crippen molar-refractivity contribution in [3.8, 4) is 0 Å². The Hall–Kier alpha value is -3.69. The summed E-state index contributed by atoms with van der Waals surface area (Å²) < 4.78 is 0. The number of nitrogens with one attached hydrogen (secondary N) is 4. The Morgan fingerprint density at radius 2 is 1.70 bits per heavy atom. The van der Waals surface area contributed by atoms with Crippen LogP contribution in [0.3, 0.4) is 0 Å². The Morgan fingerprint density at radius 3 is 2.33 bits per heavy atom. The van der Waals surface area contributed by atoms with Gasteiger partial charge in [0.1, 0.15) is 5.82 Å². The van der Waals surface area contributed by atoms with E-state index < -0.39 is 17.4 Å². The highest BCUT2D eigenvalue weighted by molar-refractivity contribution is 6.04. The lowest BCUT2D eigenvalue weighted by Gasteiger charge is -2.25. The van der Waals surface area contributed by atoms with E-state index in [4.69, 9.17) is 0 Å². The summed E-state index contributed by atoms with van der Waals surface area (Å²) in [4.78, 5) is 58.1. The highest BCUT2D eigenvalue weighted by Crippen LogP contribution is 2.30. The number of amides is 3. The van der Waals surface area contributed by atoms with Crippen LogP contribution in [0.15, 0.2) is 29.1 Å². The predicted octanol–water partition coefficient (Wildman–Crippen LogP) is 1.39. The van der Waals surface area contributed by atoms with Gasteiger partial charge in [0.25, 0.3) is 5.56 Å². The standard InChI is InChI=1S/C20H22N6O4/c1-11(27)21-12-4-6-13(7-5-12)22-18(29)14-10-15(28)23-17-16(14)19(30)25-20(24-17)26-8-2-3-9-26/h4-7,14H,2-3,8-10H2,1H3,(H,21,27)(H,22,29)(H2,23,24,25,28,30). The number of rotatable bonds is 4. The third-order valence-corrected chi connectivity index (χ3v) is 5.13. The third kappa shape index (κ3) is 4.02. The van der Waals surface area contributed by atoms with Gasteiger partial charge in [0.15, 0.2) is 0 Å². The lowest BCUT2D eigenvalue weighted by molar-refractivity contribution is -0.123. The lowest BCUT2D eigenvalue weighted by atomic mass is 9.92. The molecule has 2 aromatic rings. The van der Waals surface area contributed by atoms with Crippen LogP contribution in [0, 0.1) is 0 Å². The molecule has 2 aliphatic rings. The molecule has 0 radical (unpaired) electrons. The fourth-order valence-electron chi connectivity index (χ4n) is 3.73. The fourth-order valence-corrected chi connectivity index (χ4v) is 3.73. The first-order valence-corrected chi connectivity index (χ1v) is 9.78. The summed E-state index contributed by atoms with van der Waals surface area (Å²) in [7, 11) is 0. The second kappa shape index (κ2) is 7.97. The minimum absolute atomic E-state index is 0.137. The first kappa shape index (κ1) is 19.6. The topological polar surface area (TPSA) is 136 Å². The molecule has 2 aliphatic heterocycles. The Kier molecular flexibility index (Phi) is 5.21. The molecule has 0 spiro atoms. The van der Waals surface area contributed by atoms with E-state index in [1.807, 2.05) is 4.90 Å². The lowest BCUT2D eigenvalue weighted by Crippen LogP contribution is -2.37. The molecule has 4 N–H and O–H groups in total. The average Bonchev–Trinajstić information content (AvgIpc) is 3.23. The van der Waals surface area contributed by atoms with E-state index in [-0.39, 0.29) is 29.6 Å². The molecule has 0 aliphatic carbocycles. The quantitative estimate of drug-likeness (QED) is 0.601. The fraction of sp³-hybridized carbons (Fsp3) is 0.350. The van der Waals surface area contributed by atoms with Crippen LogP contribution in [0.4, 0.5) is 23.1 Å². The Bertz CT molecular complexity index is 1060. The predicted molar refractivity (Wildman–Crippen MR) is 112 cm³/mol. The molecule has 30 heavy (non-hydrogen) atoms. The number of benzene rings is 1. The van der Waals surface area contributed by atoms with Gasteiger partial charge in [-0.25, -0.2) is 0 Å². The van der Waals surface area contributed by atoms with E-state index in [9.17, 15) is 19.2 Å². The molecule has 1 atom stereocenters. The summed E-state index contributed by atoms with van der Waals surface area (Å²) in [5.41, 5.74) is 0.811. The number of H-pyrrole nitrogens is 1. The summed E-state index contributed by atoms with van der Waals surface area (Å²) in [5, 5.41) is 7.99. The first-order valence-electron chi connectivity index (χ1n) is 9.78. The zero-order chi connectivity index (χ0) is 21.3. The number of hydrogen-bond donors (Lipinski definition) is 4. The van der Waals surface area contributed by atoms with Gasteiger partial charge in [-0.2, -0.15) is 4.98 Å². The van der Waals surface area contributed by atoms with Gasteiger partial charge in [-0.1, -0.05) is 0 Å². The first-order chi connectivity index (χ1) is 14.4. The van der Waals surface area contributed by atoms with Gasteiger partial charge >= 0.3 is 0 Å². The van der Waals surface area contributed by atoms with Crippen molar-refractivity contribution in [3.63, 3.8) is 0 Å². The van der Waals surface area contributed by atoms with Crippen molar-refractivity contribution in [1.82, 2.24) is 9.97 Å². The van der Waals surface area contributed by atoms with Crippen LogP contribution in [0.2, 0.25) is 0 Å². The van der Waals surface area contributed by atoms with Crippen molar-refractivity contribution >= 4 is 40.9 Å². The number of anilines is 4. The largest absolute Gasteiger partial charge is 0.342 e. The molecular weight excluding hydrogens is 388 g/mol. The van der Waals surface area contributed by atoms with E-state index in [1.54, 1.807) is 24.3 Å². The van der Waals surface area contributed by atoms with Crippen molar-refractivity contribution < 1.29 is 14.4 Å². The van der Waals surface area contributed by atoms with Crippen LogP contribution < -0.4 is 26.4 Å². The molecule has 1 unspecified atom stereocenters. The molecule has 3 heterocycles. The average molecular weight is 410 g/mol. The zero-order valence-corrected chi connectivity index (χ0v) is 16.4. The van der Waals surface area contributed by atoms with Crippen LogP contribution >= 0.6 is 0 Å². The van der Waals surface area contributed by atoms with Gasteiger partial charge in [0.2, 0.25) is 23.7 Å². The molecule has 0 bridgehead atoms. The van der Waals surface area contributed by atoms with Gasteiger partial charge in [-0.05, 0) is 37.1 Å². The Balaban J connectivity index is 1.57. The second-order valence-corrected chi connectivity index (χ2v) is 7.40. The molecule has 4 rings (SSSR count). The number of aromatic nitrogens is 2. The summed E-state index contributed by atoms with van der Waals surface area (Å²) in [5.74, 6) is -1.44. The number of aromatic amines is 1. The Labute approximate surface area is 172 Å². The van der Waals surface area contributed by atoms with E-state index in [0.717, 1.165) is 25.9 Å². The molecule has 156 valence electrons. The van der Waals surface area contributed by atoms with Crippen LogP contribution in [0.5, 0.6) is 0 Å². The van der Waals surface area contributed by atoms with E-state index in [1.165, 1.54) is 6.92 Å². The molecule has 3 amide bonds. The highest BCUT2D eigenvalue weighted by atomic mass is 16.2. The maximum absolute atomic E-state index is 12.9. The van der Waals surface area contributed by atoms with Gasteiger partial charge < -0.3 is 20.9 Å².